The first-order chi connectivity index (χ1) is 15.5. The van der Waals surface area contributed by atoms with Crippen molar-refractivity contribution in [1.82, 2.24) is 35.1 Å². The van der Waals surface area contributed by atoms with E-state index >= 15 is 0 Å². The minimum atomic E-state index is -0.249. The Kier molecular flexibility index (Phi) is 5.20. The topological polar surface area (TPSA) is 105 Å². The number of hydrogen-bond donors (Lipinski definition) is 1. The fourth-order valence-corrected chi connectivity index (χ4v) is 3.70. The van der Waals surface area contributed by atoms with E-state index in [1.807, 2.05) is 43.6 Å². The van der Waals surface area contributed by atoms with Gasteiger partial charge in [0.25, 0.3) is 5.91 Å². The Hall–Kier alpha value is -3.92. The zero-order chi connectivity index (χ0) is 22.1. The first-order valence-corrected chi connectivity index (χ1v) is 10.4. The lowest BCUT2D eigenvalue weighted by molar-refractivity contribution is 0.102. The molecule has 3 aromatic heterocycles. The van der Waals surface area contributed by atoms with Crippen LogP contribution in [0.4, 0.5) is 11.6 Å². The molecule has 1 N–H and O–H groups in total. The van der Waals surface area contributed by atoms with Crippen LogP contribution in [0.2, 0.25) is 0 Å². The maximum Gasteiger partial charge on any atom is 0.257 e. The number of aryl methyl sites for hydroxylation is 1. The first kappa shape index (κ1) is 20.0. The van der Waals surface area contributed by atoms with Crippen molar-refractivity contribution in [3.05, 3.63) is 54.4 Å². The highest BCUT2D eigenvalue weighted by atomic mass is 16.1. The molecule has 32 heavy (non-hydrogen) atoms. The van der Waals surface area contributed by atoms with Crippen molar-refractivity contribution in [2.45, 2.75) is 0 Å². The lowest BCUT2D eigenvalue weighted by atomic mass is 10.1. The average molecular weight is 429 g/mol. The van der Waals surface area contributed by atoms with Crippen LogP contribution in [-0.4, -0.2) is 74.2 Å². The second kappa shape index (κ2) is 8.31. The highest BCUT2D eigenvalue weighted by molar-refractivity contribution is 6.04. The van der Waals surface area contributed by atoms with Gasteiger partial charge in [-0.15, -0.1) is 15.3 Å². The molecule has 0 aliphatic carbocycles. The number of likely N-dealkylation sites (N-methyl/N-ethyl adjacent to an activating group) is 1. The standard InChI is InChI=1S/C22H23N9O/c1-29-7-9-31(10-8-29)21-13-16(5-6-23-21)22(32)24-20-12-17-11-15(3-4-18(17)25-27-20)19-14-30(2)28-26-19/h3-6,11-14H,7-10H2,1-2H3,(H,24,27,32). The molecule has 1 aliphatic heterocycles. The molecule has 0 bridgehead atoms. The predicted octanol–water partition coefficient (Wildman–Crippen LogP) is 1.82. The number of pyridine rings is 1. The Labute approximate surface area is 184 Å². The number of piperazine rings is 1. The number of benzene rings is 1. The Morgan fingerprint density at radius 2 is 1.81 bits per heavy atom. The molecule has 0 saturated carbocycles. The van der Waals surface area contributed by atoms with E-state index in [4.69, 9.17) is 0 Å². The van der Waals surface area contributed by atoms with Gasteiger partial charge in [0, 0.05) is 55.9 Å². The van der Waals surface area contributed by atoms with Gasteiger partial charge in [-0.25, -0.2) is 4.98 Å². The number of nitrogens with zero attached hydrogens (tertiary/aromatic N) is 8. The van der Waals surface area contributed by atoms with Crippen molar-refractivity contribution in [1.29, 1.82) is 0 Å². The van der Waals surface area contributed by atoms with Gasteiger partial charge < -0.3 is 15.1 Å². The lowest BCUT2D eigenvalue weighted by Crippen LogP contribution is -2.44. The maximum atomic E-state index is 12.9. The number of aromatic nitrogens is 6. The third kappa shape index (κ3) is 4.12. The molecule has 0 spiro atoms. The monoisotopic (exact) mass is 429 g/mol. The summed E-state index contributed by atoms with van der Waals surface area (Å²) in [6, 6.07) is 11.1. The predicted molar refractivity (Wildman–Crippen MR) is 121 cm³/mol. The first-order valence-electron chi connectivity index (χ1n) is 10.4. The van der Waals surface area contributed by atoms with Crippen molar-refractivity contribution < 1.29 is 4.79 Å². The molecule has 10 nitrogen and oxygen atoms in total. The van der Waals surface area contributed by atoms with Crippen LogP contribution in [0.5, 0.6) is 0 Å². The summed E-state index contributed by atoms with van der Waals surface area (Å²) in [6.07, 6.45) is 3.52. The molecule has 1 amide bonds. The number of carbonyl (C=O) groups excluding carboxylic acids is 1. The van der Waals surface area contributed by atoms with Gasteiger partial charge in [0.1, 0.15) is 11.5 Å². The van der Waals surface area contributed by atoms with Gasteiger partial charge in [-0.05, 0) is 37.4 Å². The summed E-state index contributed by atoms with van der Waals surface area (Å²) in [5.74, 6) is 0.947. The number of rotatable bonds is 4. The fraction of sp³-hybridized carbons (Fsp3) is 0.273. The van der Waals surface area contributed by atoms with Crippen LogP contribution >= 0.6 is 0 Å². The zero-order valence-corrected chi connectivity index (χ0v) is 17.9. The molecule has 4 aromatic rings. The van der Waals surface area contributed by atoms with Crippen molar-refractivity contribution in [2.24, 2.45) is 7.05 Å². The van der Waals surface area contributed by atoms with E-state index in [9.17, 15) is 4.79 Å². The summed E-state index contributed by atoms with van der Waals surface area (Å²) >= 11 is 0. The van der Waals surface area contributed by atoms with Crippen LogP contribution in [0, 0.1) is 0 Å². The van der Waals surface area contributed by atoms with Crippen molar-refractivity contribution in [3.63, 3.8) is 0 Å². The molecule has 162 valence electrons. The Balaban J connectivity index is 1.36. The van der Waals surface area contributed by atoms with E-state index in [2.05, 4.69) is 47.7 Å². The Bertz CT molecular complexity index is 1280. The molecule has 1 aliphatic rings. The van der Waals surface area contributed by atoms with Gasteiger partial charge in [-0.2, -0.15) is 0 Å². The highest BCUT2D eigenvalue weighted by Gasteiger charge is 2.17. The van der Waals surface area contributed by atoms with Crippen LogP contribution in [0.15, 0.2) is 48.8 Å². The summed E-state index contributed by atoms with van der Waals surface area (Å²) < 4.78 is 1.65. The molecule has 1 saturated heterocycles. The summed E-state index contributed by atoms with van der Waals surface area (Å²) in [6.45, 7) is 3.72. The van der Waals surface area contributed by atoms with Gasteiger partial charge in [0.15, 0.2) is 5.82 Å². The summed E-state index contributed by atoms with van der Waals surface area (Å²) in [5, 5.41) is 20.2. The molecule has 0 unspecified atom stereocenters. The number of anilines is 2. The molecule has 5 rings (SSSR count). The Morgan fingerprint density at radius 1 is 0.969 bits per heavy atom. The second-order valence-electron chi connectivity index (χ2n) is 7.93. The second-order valence-corrected chi connectivity index (χ2v) is 7.93. The minimum absolute atomic E-state index is 0.249. The van der Waals surface area contributed by atoms with Crippen LogP contribution in [0.25, 0.3) is 22.2 Å². The van der Waals surface area contributed by atoms with Crippen LogP contribution in [0.1, 0.15) is 10.4 Å². The van der Waals surface area contributed by atoms with E-state index in [-0.39, 0.29) is 5.91 Å². The third-order valence-electron chi connectivity index (χ3n) is 5.56. The molecule has 0 atom stereocenters. The normalized spacial score (nSPS) is 14.6. The maximum absolute atomic E-state index is 12.9. The number of fused-ring (bicyclic) bond motifs is 1. The molecule has 4 heterocycles. The van der Waals surface area contributed by atoms with Gasteiger partial charge in [-0.1, -0.05) is 11.3 Å². The molecular formula is C22H23N9O. The summed E-state index contributed by atoms with van der Waals surface area (Å²) in [7, 11) is 3.93. The van der Waals surface area contributed by atoms with Gasteiger partial charge >= 0.3 is 0 Å². The minimum Gasteiger partial charge on any atom is -0.354 e. The Morgan fingerprint density at radius 3 is 2.59 bits per heavy atom. The van der Waals surface area contributed by atoms with E-state index in [1.54, 1.807) is 16.9 Å². The smallest absolute Gasteiger partial charge is 0.257 e. The van der Waals surface area contributed by atoms with E-state index in [0.717, 1.165) is 54.2 Å². The van der Waals surface area contributed by atoms with Crippen LogP contribution in [0.3, 0.4) is 0 Å². The van der Waals surface area contributed by atoms with E-state index < -0.39 is 0 Å². The highest BCUT2D eigenvalue weighted by Crippen LogP contribution is 2.23. The number of hydrogen-bond acceptors (Lipinski definition) is 8. The summed E-state index contributed by atoms with van der Waals surface area (Å²) in [4.78, 5) is 21.8. The third-order valence-corrected chi connectivity index (χ3v) is 5.56. The number of carbonyl (C=O) groups is 1. The SMILES string of the molecule is CN1CCN(c2cc(C(=O)Nc3cc4cc(-c5cn(C)nn5)ccc4nn3)ccn2)CC1. The number of amides is 1. The molecule has 1 fully saturated rings. The molecular weight excluding hydrogens is 406 g/mol. The molecule has 0 radical (unpaired) electrons. The molecule has 10 heteroatoms. The van der Waals surface area contributed by atoms with Crippen LogP contribution < -0.4 is 10.2 Å². The molecule has 1 aromatic carbocycles. The summed E-state index contributed by atoms with van der Waals surface area (Å²) in [5.41, 5.74) is 2.95. The zero-order valence-electron chi connectivity index (χ0n) is 17.9. The van der Waals surface area contributed by atoms with E-state index in [0.29, 0.717) is 11.4 Å². The van der Waals surface area contributed by atoms with Crippen molar-refractivity contribution in [2.75, 3.05) is 43.4 Å². The number of nitrogens with one attached hydrogen (secondary N) is 1. The largest absolute Gasteiger partial charge is 0.354 e. The van der Waals surface area contributed by atoms with Crippen molar-refractivity contribution in [3.8, 4) is 11.3 Å². The lowest BCUT2D eigenvalue weighted by Gasteiger charge is -2.33. The van der Waals surface area contributed by atoms with E-state index in [1.165, 1.54) is 0 Å². The van der Waals surface area contributed by atoms with Crippen LogP contribution in [-0.2, 0) is 7.05 Å². The fourth-order valence-electron chi connectivity index (χ4n) is 3.70. The quantitative estimate of drug-likeness (QED) is 0.524. The van der Waals surface area contributed by atoms with Crippen molar-refractivity contribution >= 4 is 28.4 Å². The average Bonchev–Trinajstić information content (AvgIpc) is 3.25. The van der Waals surface area contributed by atoms with Gasteiger partial charge in [-0.3, -0.25) is 9.48 Å². The van der Waals surface area contributed by atoms with Gasteiger partial charge in [0.05, 0.1) is 11.7 Å². The van der Waals surface area contributed by atoms with Gasteiger partial charge in [0.2, 0.25) is 0 Å².